The van der Waals surface area contributed by atoms with E-state index in [1.807, 2.05) is 6.07 Å². The molecule has 94 valence electrons. The Kier molecular flexibility index (Phi) is 3.64. The minimum Gasteiger partial charge on any atom is -0.367 e. The van der Waals surface area contributed by atoms with E-state index >= 15 is 0 Å². The Bertz CT molecular complexity index is 731. The molecule has 0 atom stereocenters. The van der Waals surface area contributed by atoms with Crippen LogP contribution in [0.3, 0.4) is 0 Å². The molecule has 19 heavy (non-hydrogen) atoms. The summed E-state index contributed by atoms with van der Waals surface area (Å²) in [7, 11) is 0. The van der Waals surface area contributed by atoms with Gasteiger partial charge < -0.3 is 10.3 Å². The Morgan fingerprint density at radius 1 is 1.37 bits per heavy atom. The normalized spacial score (nSPS) is 9.68. The van der Waals surface area contributed by atoms with Crippen LogP contribution in [0.15, 0.2) is 41.5 Å². The minimum atomic E-state index is -0.597. The first-order valence-corrected chi connectivity index (χ1v) is 5.67. The summed E-state index contributed by atoms with van der Waals surface area (Å²) < 4.78 is 0. The van der Waals surface area contributed by atoms with Gasteiger partial charge in [0.15, 0.2) is 5.43 Å². The van der Waals surface area contributed by atoms with Crippen LogP contribution in [0.1, 0.15) is 15.9 Å². The van der Waals surface area contributed by atoms with Crippen molar-refractivity contribution in [3.05, 3.63) is 63.0 Å². The number of H-pyrrole nitrogens is 1. The number of amides is 1. The van der Waals surface area contributed by atoms with Crippen LogP contribution in [0.2, 0.25) is 5.02 Å². The molecule has 0 saturated heterocycles. The molecule has 1 aromatic heterocycles. The van der Waals surface area contributed by atoms with E-state index < -0.39 is 11.3 Å². The van der Waals surface area contributed by atoms with Crippen molar-refractivity contribution in [1.29, 1.82) is 5.26 Å². The van der Waals surface area contributed by atoms with Crippen LogP contribution in [0.25, 0.3) is 0 Å². The first-order valence-electron chi connectivity index (χ1n) is 5.30. The van der Waals surface area contributed by atoms with Crippen LogP contribution < -0.4 is 10.7 Å². The molecule has 2 aromatic rings. The second-order valence-corrected chi connectivity index (χ2v) is 4.11. The van der Waals surface area contributed by atoms with Crippen LogP contribution in [0, 0.1) is 11.3 Å². The number of rotatable bonds is 2. The highest BCUT2D eigenvalue weighted by Crippen LogP contribution is 2.20. The zero-order valence-electron chi connectivity index (χ0n) is 9.61. The Morgan fingerprint density at radius 2 is 2.16 bits per heavy atom. The van der Waals surface area contributed by atoms with Crippen LogP contribution >= 0.6 is 11.6 Å². The second-order valence-electron chi connectivity index (χ2n) is 3.68. The third-order valence-electron chi connectivity index (χ3n) is 2.42. The van der Waals surface area contributed by atoms with Gasteiger partial charge in [0.25, 0.3) is 5.91 Å². The lowest BCUT2D eigenvalue weighted by Crippen LogP contribution is -2.21. The molecule has 1 aromatic carbocycles. The monoisotopic (exact) mass is 273 g/mol. The van der Waals surface area contributed by atoms with Crippen molar-refractivity contribution in [2.24, 2.45) is 0 Å². The average molecular weight is 274 g/mol. The van der Waals surface area contributed by atoms with Gasteiger partial charge >= 0.3 is 0 Å². The Balaban J connectivity index is 2.35. The van der Waals surface area contributed by atoms with Crippen molar-refractivity contribution in [3.63, 3.8) is 0 Å². The van der Waals surface area contributed by atoms with Crippen LogP contribution in [0.5, 0.6) is 0 Å². The fraction of sp³-hybridized carbons (Fsp3) is 0. The smallest absolute Gasteiger partial charge is 0.261 e. The predicted octanol–water partition coefficient (Wildman–Crippen LogP) is 2.15. The topological polar surface area (TPSA) is 85.8 Å². The molecule has 0 spiro atoms. The van der Waals surface area contributed by atoms with Gasteiger partial charge in [0, 0.05) is 23.5 Å². The van der Waals surface area contributed by atoms with Crippen LogP contribution in [0.4, 0.5) is 5.69 Å². The molecule has 0 unspecified atom stereocenters. The van der Waals surface area contributed by atoms with Crippen molar-refractivity contribution >= 4 is 23.2 Å². The van der Waals surface area contributed by atoms with Gasteiger partial charge in [-0.1, -0.05) is 11.6 Å². The zero-order valence-corrected chi connectivity index (χ0v) is 10.4. The molecule has 0 saturated carbocycles. The Labute approximate surface area is 113 Å². The highest BCUT2D eigenvalue weighted by Gasteiger charge is 2.12. The molecule has 5 nitrogen and oxygen atoms in total. The van der Waals surface area contributed by atoms with E-state index in [0.717, 1.165) is 0 Å². The first kappa shape index (κ1) is 12.9. The van der Waals surface area contributed by atoms with E-state index in [1.165, 1.54) is 30.6 Å². The molecule has 0 radical (unpaired) electrons. The van der Waals surface area contributed by atoms with Gasteiger partial charge in [-0.25, -0.2) is 0 Å². The largest absolute Gasteiger partial charge is 0.367 e. The number of anilines is 1. The number of aromatic amines is 1. The number of hydrogen-bond acceptors (Lipinski definition) is 3. The van der Waals surface area contributed by atoms with Crippen LogP contribution in [-0.4, -0.2) is 10.9 Å². The van der Waals surface area contributed by atoms with Gasteiger partial charge in [-0.05, 0) is 18.2 Å². The summed E-state index contributed by atoms with van der Waals surface area (Å²) in [5, 5.41) is 11.8. The van der Waals surface area contributed by atoms with Crippen molar-refractivity contribution in [2.75, 3.05) is 5.32 Å². The predicted molar refractivity (Wildman–Crippen MR) is 71.2 cm³/mol. The standard InChI is InChI=1S/C13H8ClN3O2/c14-9-2-1-8(6-15)11(5-9)17-13(19)10-7-16-4-3-12(10)18/h1-5,7H,(H,16,18)(H,17,19). The van der Waals surface area contributed by atoms with Gasteiger partial charge in [-0.15, -0.1) is 0 Å². The number of nitriles is 1. The van der Waals surface area contributed by atoms with E-state index in [4.69, 9.17) is 16.9 Å². The fourth-order valence-corrected chi connectivity index (χ4v) is 1.67. The third-order valence-corrected chi connectivity index (χ3v) is 2.65. The summed E-state index contributed by atoms with van der Waals surface area (Å²) in [6, 6.07) is 7.68. The molecule has 0 bridgehead atoms. The molecule has 1 heterocycles. The van der Waals surface area contributed by atoms with Crippen LogP contribution in [-0.2, 0) is 0 Å². The van der Waals surface area contributed by atoms with E-state index in [9.17, 15) is 9.59 Å². The average Bonchev–Trinajstić information content (AvgIpc) is 2.39. The maximum absolute atomic E-state index is 11.9. The maximum Gasteiger partial charge on any atom is 0.261 e. The molecule has 2 rings (SSSR count). The van der Waals surface area contributed by atoms with E-state index in [2.05, 4.69) is 10.3 Å². The molecule has 0 aliphatic heterocycles. The van der Waals surface area contributed by atoms with Crippen molar-refractivity contribution in [3.8, 4) is 6.07 Å². The Hall–Kier alpha value is -2.58. The summed E-state index contributed by atoms with van der Waals surface area (Å²) in [6.07, 6.45) is 2.73. The number of carbonyl (C=O) groups excluding carboxylic acids is 1. The highest BCUT2D eigenvalue weighted by molar-refractivity contribution is 6.31. The molecule has 6 heteroatoms. The molecule has 0 aliphatic rings. The lowest BCUT2D eigenvalue weighted by molar-refractivity contribution is 0.102. The third kappa shape index (κ3) is 2.81. The summed E-state index contributed by atoms with van der Waals surface area (Å²) in [5.41, 5.74) is 0.0940. The van der Waals surface area contributed by atoms with Gasteiger partial charge in [-0.2, -0.15) is 5.26 Å². The number of nitrogens with zero attached hydrogens (tertiary/aromatic N) is 1. The van der Waals surface area contributed by atoms with Gasteiger partial charge in [0.05, 0.1) is 11.3 Å². The first-order chi connectivity index (χ1) is 9.11. The maximum atomic E-state index is 11.9. The van der Waals surface area contributed by atoms with Gasteiger partial charge in [-0.3, -0.25) is 9.59 Å². The quantitative estimate of drug-likeness (QED) is 0.879. The number of nitrogens with one attached hydrogen (secondary N) is 2. The van der Waals surface area contributed by atoms with Crippen molar-refractivity contribution in [1.82, 2.24) is 4.98 Å². The van der Waals surface area contributed by atoms with E-state index in [0.29, 0.717) is 5.02 Å². The number of hydrogen-bond donors (Lipinski definition) is 2. The van der Waals surface area contributed by atoms with Gasteiger partial charge in [0.1, 0.15) is 11.6 Å². The van der Waals surface area contributed by atoms with Crippen molar-refractivity contribution < 1.29 is 4.79 Å². The fourth-order valence-electron chi connectivity index (χ4n) is 1.50. The number of aromatic nitrogens is 1. The molecule has 0 fully saturated rings. The molecule has 2 N–H and O–H groups in total. The second kappa shape index (κ2) is 5.38. The highest BCUT2D eigenvalue weighted by atomic mass is 35.5. The molecular formula is C13H8ClN3O2. The molecule has 1 amide bonds. The summed E-state index contributed by atoms with van der Waals surface area (Å²) >= 11 is 5.81. The van der Waals surface area contributed by atoms with E-state index in [-0.39, 0.29) is 16.8 Å². The SMILES string of the molecule is N#Cc1ccc(Cl)cc1NC(=O)c1c[nH]ccc1=O. The lowest BCUT2D eigenvalue weighted by atomic mass is 10.2. The lowest BCUT2D eigenvalue weighted by Gasteiger charge is -2.06. The number of benzene rings is 1. The minimum absolute atomic E-state index is 0.0358. The van der Waals surface area contributed by atoms with Crippen molar-refractivity contribution in [2.45, 2.75) is 0 Å². The molecule has 0 aliphatic carbocycles. The summed E-state index contributed by atoms with van der Waals surface area (Å²) in [4.78, 5) is 26.1. The molecular weight excluding hydrogens is 266 g/mol. The number of halogens is 1. The number of carbonyl (C=O) groups is 1. The van der Waals surface area contributed by atoms with E-state index in [1.54, 1.807) is 6.07 Å². The Morgan fingerprint density at radius 3 is 2.84 bits per heavy atom. The van der Waals surface area contributed by atoms with Gasteiger partial charge in [0.2, 0.25) is 0 Å². The summed E-state index contributed by atoms with van der Waals surface area (Å²) in [6.45, 7) is 0. The summed E-state index contributed by atoms with van der Waals surface area (Å²) in [5.74, 6) is -0.597. The zero-order chi connectivity index (χ0) is 13.8. The number of pyridine rings is 1.